The lowest BCUT2D eigenvalue weighted by atomic mass is 10.2. The molecule has 1 aliphatic rings. The van der Waals surface area contributed by atoms with E-state index in [-0.39, 0.29) is 6.54 Å². The number of hydrogen-bond acceptors (Lipinski definition) is 8. The van der Waals surface area contributed by atoms with Gasteiger partial charge in [-0.05, 0) is 55.1 Å². The van der Waals surface area contributed by atoms with Crippen LogP contribution in [0.1, 0.15) is 12.1 Å². The lowest BCUT2D eigenvalue weighted by Gasteiger charge is -2.21. The van der Waals surface area contributed by atoms with E-state index in [1.807, 2.05) is 47.9 Å². The average Bonchev–Trinajstić information content (AvgIpc) is 3.53. The van der Waals surface area contributed by atoms with E-state index >= 15 is 0 Å². The van der Waals surface area contributed by atoms with Gasteiger partial charge in [-0.15, -0.1) is 0 Å². The monoisotopic (exact) mass is 514 g/mol. The molecule has 0 radical (unpaired) electrons. The first-order valence-electron chi connectivity index (χ1n) is 11.2. The Bertz CT molecular complexity index is 1370. The van der Waals surface area contributed by atoms with Gasteiger partial charge in [-0.25, -0.2) is 13.8 Å². The summed E-state index contributed by atoms with van der Waals surface area (Å²) in [5, 5.41) is 22.9. The molecule has 4 N–H and O–H groups in total. The minimum absolute atomic E-state index is 0.214. The number of fused-ring (bicyclic) bond motifs is 1. The Morgan fingerprint density at radius 2 is 2.08 bits per heavy atom. The molecule has 1 saturated heterocycles. The maximum atomic E-state index is 13.6. The van der Waals surface area contributed by atoms with E-state index in [0.29, 0.717) is 22.6 Å². The number of carbonyl (C=O) groups is 1. The lowest BCUT2D eigenvalue weighted by Crippen LogP contribution is -2.39. The highest BCUT2D eigenvalue weighted by Gasteiger charge is 2.45. The smallest absolute Gasteiger partial charge is 0.262 e. The van der Waals surface area contributed by atoms with E-state index in [9.17, 15) is 18.7 Å². The zero-order valence-electron chi connectivity index (χ0n) is 19.3. The van der Waals surface area contributed by atoms with Gasteiger partial charge in [-0.2, -0.15) is 10.1 Å². The van der Waals surface area contributed by atoms with Crippen molar-refractivity contribution in [2.45, 2.75) is 35.4 Å². The van der Waals surface area contributed by atoms with Gasteiger partial charge in [0.15, 0.2) is 11.0 Å². The Morgan fingerprint density at radius 1 is 1.28 bits per heavy atom. The fourth-order valence-electron chi connectivity index (χ4n) is 4.07. The molecular formula is C23H24F2N8O2S. The van der Waals surface area contributed by atoms with Crippen molar-refractivity contribution >= 4 is 40.8 Å². The van der Waals surface area contributed by atoms with Crippen molar-refractivity contribution in [3.8, 4) is 0 Å². The largest absolute Gasteiger partial charge is 0.395 e. The molecule has 0 spiro atoms. The van der Waals surface area contributed by atoms with E-state index in [4.69, 9.17) is 0 Å². The van der Waals surface area contributed by atoms with Crippen LogP contribution in [0.5, 0.6) is 0 Å². The Hall–Kier alpha value is -3.55. The highest BCUT2D eigenvalue weighted by Crippen LogP contribution is 2.32. The summed E-state index contributed by atoms with van der Waals surface area (Å²) in [5.41, 5.74) is 2.18. The number of nitrogens with zero attached hydrogens (tertiary/aromatic N) is 5. The summed E-state index contributed by atoms with van der Waals surface area (Å²) in [6, 6.07) is 12.0. The molecule has 0 bridgehead atoms. The molecule has 4 aromatic rings. The molecule has 1 atom stereocenters. The van der Waals surface area contributed by atoms with Crippen LogP contribution in [-0.4, -0.2) is 72.1 Å². The van der Waals surface area contributed by atoms with Crippen LogP contribution < -0.4 is 10.6 Å². The van der Waals surface area contributed by atoms with Gasteiger partial charge in [0, 0.05) is 41.0 Å². The van der Waals surface area contributed by atoms with Crippen molar-refractivity contribution in [2.75, 3.05) is 30.3 Å². The number of aliphatic hydroxyl groups excluding tert-OH is 1. The van der Waals surface area contributed by atoms with E-state index in [1.54, 1.807) is 12.1 Å². The Balaban J connectivity index is 1.24. The highest BCUT2D eigenvalue weighted by atomic mass is 32.2. The Labute approximate surface area is 209 Å². The fraction of sp³-hybridized carbons (Fsp3) is 0.304. The number of carbonyl (C=O) groups excluding carboxylic acids is 1. The topological polar surface area (TPSA) is 123 Å². The second kappa shape index (κ2) is 9.84. The van der Waals surface area contributed by atoms with Crippen molar-refractivity contribution in [1.82, 2.24) is 29.5 Å². The number of nitrogens with one attached hydrogen (secondary N) is 3. The molecule has 1 amide bonds. The summed E-state index contributed by atoms with van der Waals surface area (Å²) in [6.45, 7) is 0.746. The summed E-state index contributed by atoms with van der Waals surface area (Å²) < 4.78 is 29.1. The molecule has 188 valence electrons. The number of aromatic nitrogens is 5. The molecule has 0 saturated carbocycles. The van der Waals surface area contributed by atoms with Gasteiger partial charge in [0.05, 0.1) is 19.7 Å². The fourth-order valence-corrected chi connectivity index (χ4v) is 4.82. The third-order valence-corrected chi connectivity index (χ3v) is 6.58. The number of rotatable bonds is 8. The summed E-state index contributed by atoms with van der Waals surface area (Å²) in [5.74, 6) is -2.11. The third-order valence-electron chi connectivity index (χ3n) is 5.70. The first kappa shape index (κ1) is 24.2. The van der Waals surface area contributed by atoms with Crippen LogP contribution >= 0.6 is 11.8 Å². The van der Waals surface area contributed by atoms with E-state index in [1.165, 1.54) is 16.7 Å². The van der Waals surface area contributed by atoms with Crippen molar-refractivity contribution in [1.29, 1.82) is 0 Å². The minimum atomic E-state index is -2.90. The number of amides is 1. The second-order valence-electron chi connectivity index (χ2n) is 8.60. The van der Waals surface area contributed by atoms with Gasteiger partial charge in [-0.1, -0.05) is 0 Å². The molecule has 36 heavy (non-hydrogen) atoms. The molecule has 13 heteroatoms. The average molecular weight is 515 g/mol. The predicted octanol–water partition coefficient (Wildman–Crippen LogP) is 3.30. The zero-order chi connectivity index (χ0) is 25.3. The number of H-pyrrole nitrogens is 1. The summed E-state index contributed by atoms with van der Waals surface area (Å²) in [6.07, 6.45) is 1.41. The number of halogens is 2. The second-order valence-corrected chi connectivity index (χ2v) is 9.64. The standard InChI is InChI=1S/C23H24F2N8O2S/c1-14-9-18(31-30-14)27-21-29-22(28-19-3-2-8-33(19)21)36-17-6-4-15(5-7-17)26-20(35)11-32-13-23(24,25)10-16(32)12-34/h2-9,16,34H,10-13H2,1H3,(H,26,35)(H2,27,28,29,30,31). The first-order chi connectivity index (χ1) is 17.3. The number of alkyl halides is 2. The Morgan fingerprint density at radius 3 is 2.81 bits per heavy atom. The molecule has 1 aliphatic heterocycles. The van der Waals surface area contributed by atoms with Crippen molar-refractivity contribution < 1.29 is 18.7 Å². The van der Waals surface area contributed by atoms with Crippen molar-refractivity contribution in [3.05, 3.63) is 54.4 Å². The zero-order valence-corrected chi connectivity index (χ0v) is 20.1. The number of aromatic amines is 1. The van der Waals surface area contributed by atoms with Crippen LogP contribution in [0.25, 0.3) is 5.65 Å². The first-order valence-corrected chi connectivity index (χ1v) is 12.0. The van der Waals surface area contributed by atoms with E-state index < -0.39 is 37.4 Å². The Kier molecular flexibility index (Phi) is 6.60. The van der Waals surface area contributed by atoms with Gasteiger partial charge in [0.1, 0.15) is 5.65 Å². The number of anilines is 3. The lowest BCUT2D eigenvalue weighted by molar-refractivity contribution is -0.117. The number of hydrogen-bond donors (Lipinski definition) is 4. The molecule has 1 aromatic carbocycles. The van der Waals surface area contributed by atoms with Crippen LogP contribution in [0.3, 0.4) is 0 Å². The van der Waals surface area contributed by atoms with E-state index in [2.05, 4.69) is 30.8 Å². The molecule has 10 nitrogen and oxygen atoms in total. The third kappa shape index (κ3) is 5.48. The molecule has 5 rings (SSSR count). The normalized spacial score (nSPS) is 17.5. The van der Waals surface area contributed by atoms with Gasteiger partial charge >= 0.3 is 0 Å². The van der Waals surface area contributed by atoms with E-state index in [0.717, 1.165) is 16.2 Å². The highest BCUT2D eigenvalue weighted by molar-refractivity contribution is 7.99. The molecule has 4 heterocycles. The van der Waals surface area contributed by atoms with Crippen LogP contribution in [-0.2, 0) is 4.79 Å². The molecule has 1 unspecified atom stereocenters. The van der Waals surface area contributed by atoms with Gasteiger partial charge in [0.25, 0.3) is 5.92 Å². The quantitative estimate of drug-likeness (QED) is 0.283. The van der Waals surface area contributed by atoms with Crippen LogP contribution in [0.15, 0.2) is 58.7 Å². The minimum Gasteiger partial charge on any atom is -0.395 e. The number of benzene rings is 1. The molecular weight excluding hydrogens is 490 g/mol. The molecule has 3 aromatic heterocycles. The van der Waals surface area contributed by atoms with Crippen LogP contribution in [0, 0.1) is 6.92 Å². The summed E-state index contributed by atoms with van der Waals surface area (Å²) >= 11 is 1.36. The maximum absolute atomic E-state index is 13.6. The van der Waals surface area contributed by atoms with Gasteiger partial charge in [-0.3, -0.25) is 19.2 Å². The SMILES string of the molecule is Cc1cc(Nc2nc(Sc3ccc(NC(=O)CN4CC(F)(F)CC4CO)cc3)nc3cccn23)n[nH]1. The van der Waals surface area contributed by atoms with Gasteiger partial charge in [0.2, 0.25) is 11.9 Å². The van der Waals surface area contributed by atoms with Crippen molar-refractivity contribution in [3.63, 3.8) is 0 Å². The van der Waals surface area contributed by atoms with Gasteiger partial charge < -0.3 is 15.7 Å². The molecule has 1 fully saturated rings. The number of likely N-dealkylation sites (tertiary alicyclic amines) is 1. The number of aliphatic hydroxyl groups is 1. The summed E-state index contributed by atoms with van der Waals surface area (Å²) in [7, 11) is 0. The molecule has 0 aliphatic carbocycles. The van der Waals surface area contributed by atoms with Crippen LogP contribution in [0.4, 0.5) is 26.2 Å². The van der Waals surface area contributed by atoms with Crippen molar-refractivity contribution in [2.24, 2.45) is 0 Å². The maximum Gasteiger partial charge on any atom is 0.262 e. The predicted molar refractivity (Wildman–Crippen MR) is 131 cm³/mol. The summed E-state index contributed by atoms with van der Waals surface area (Å²) in [4.78, 5) is 23.7. The number of aryl methyl sites for hydroxylation is 1. The van der Waals surface area contributed by atoms with Crippen LogP contribution in [0.2, 0.25) is 0 Å².